The van der Waals surface area contributed by atoms with Crippen LogP contribution in [0.4, 0.5) is 0 Å². The number of rotatable bonds is 8. The molecule has 19 nitrogen and oxygen atoms in total. The summed E-state index contributed by atoms with van der Waals surface area (Å²) in [6, 6.07) is 0. The predicted molar refractivity (Wildman–Crippen MR) is 69.3 cm³/mol. The predicted octanol–water partition coefficient (Wildman–Crippen LogP) is -0.219. The Balaban J connectivity index is -0.0000000436. The average molecular weight is 443 g/mol. The van der Waals surface area contributed by atoms with Crippen molar-refractivity contribution in [2.24, 2.45) is 0 Å². The standard InChI is InChI=1S/C3H5N3O9.5CN.Fe.NO/c7-4(8)13-1-3(15-6(11)12)2-14-5(9)10;5*1-2;;1-2/h3H,1-2H2;;;;;;;/q;5*-1;+4;-1. The van der Waals surface area contributed by atoms with E-state index in [9.17, 15) is 30.3 Å². The van der Waals surface area contributed by atoms with Crippen LogP contribution in [-0.4, -0.2) is 34.6 Å². The molecule has 0 saturated heterocycles. The van der Waals surface area contributed by atoms with Gasteiger partial charge in [0.05, 0.1) is 0 Å². The minimum absolute atomic E-state index is 0. The molecular formula is C8H5FeN9O10-2. The fourth-order valence-corrected chi connectivity index (χ4v) is 0.519. The van der Waals surface area contributed by atoms with Gasteiger partial charge >= 0.3 is 17.1 Å². The second-order valence-corrected chi connectivity index (χ2v) is 1.99. The van der Waals surface area contributed by atoms with Crippen LogP contribution in [0.25, 0.3) is 5.59 Å². The van der Waals surface area contributed by atoms with E-state index < -0.39 is 34.6 Å². The molecule has 28 heavy (non-hydrogen) atoms. The van der Waals surface area contributed by atoms with Crippen LogP contribution >= 0.6 is 0 Å². The molecule has 0 aliphatic rings. The Morgan fingerprint density at radius 2 is 0.893 bits per heavy atom. The first-order valence-electron chi connectivity index (χ1n) is 4.57. The van der Waals surface area contributed by atoms with Crippen molar-refractivity contribution < 1.29 is 46.8 Å². The first-order valence-corrected chi connectivity index (χ1v) is 4.57. The van der Waals surface area contributed by atoms with Crippen molar-refractivity contribution in [3.63, 3.8) is 0 Å². The van der Waals surface area contributed by atoms with Crippen LogP contribution in [-0.2, 0) is 31.6 Å². The van der Waals surface area contributed by atoms with Gasteiger partial charge in [-0.2, -0.15) is 0 Å². The summed E-state index contributed by atoms with van der Waals surface area (Å²) < 4.78 is 0. The maximum atomic E-state index is 9.83. The quantitative estimate of drug-likeness (QED) is 0.202. The molecule has 0 aliphatic carbocycles. The fraction of sp³-hybridized carbons (Fsp3) is 0.375. The van der Waals surface area contributed by atoms with Crippen LogP contribution in [0.15, 0.2) is 0 Å². The maximum Gasteiger partial charge on any atom is 4.00 e. The molecule has 0 rings (SSSR count). The topological polar surface area (TPSA) is 315 Å². The number of hydrogen-bond donors (Lipinski definition) is 0. The van der Waals surface area contributed by atoms with Gasteiger partial charge in [-0.25, -0.2) is 0 Å². The van der Waals surface area contributed by atoms with Crippen molar-refractivity contribution in [1.29, 1.82) is 26.3 Å². The molecule has 0 bridgehead atoms. The van der Waals surface area contributed by atoms with E-state index in [1.165, 1.54) is 0 Å². The zero-order valence-corrected chi connectivity index (χ0v) is 14.1. The Morgan fingerprint density at radius 3 is 1.04 bits per heavy atom. The van der Waals surface area contributed by atoms with Crippen molar-refractivity contribution in [2.75, 3.05) is 13.2 Å². The van der Waals surface area contributed by atoms with Crippen LogP contribution in [0.2, 0.25) is 0 Å². The summed E-state index contributed by atoms with van der Waals surface area (Å²) >= 11 is 0. The fourth-order valence-electron chi connectivity index (χ4n) is 0.519. The van der Waals surface area contributed by atoms with Gasteiger partial charge in [0.25, 0.3) is 15.3 Å². The van der Waals surface area contributed by atoms with Gasteiger partial charge in [-0.3, -0.25) is 0 Å². The minimum atomic E-state index is -1.55. The molecule has 0 fully saturated rings. The van der Waals surface area contributed by atoms with Crippen molar-refractivity contribution in [2.45, 2.75) is 6.10 Å². The number of nitroso groups, excluding NO2 is 1. The van der Waals surface area contributed by atoms with E-state index in [4.69, 9.17) is 69.7 Å². The summed E-state index contributed by atoms with van der Waals surface area (Å²) in [4.78, 5) is 47.8. The van der Waals surface area contributed by atoms with E-state index in [0.29, 0.717) is 0 Å². The molecule has 0 radical (unpaired) electrons. The van der Waals surface area contributed by atoms with Crippen LogP contribution < -0.4 is 0 Å². The molecule has 0 amide bonds. The van der Waals surface area contributed by atoms with Gasteiger partial charge < -0.3 is 84.2 Å². The molecule has 0 aromatic heterocycles. The number of hydrogen-bond acceptors (Lipinski definition) is 15. The third-order valence-corrected chi connectivity index (χ3v) is 0.967. The Morgan fingerprint density at radius 1 is 0.679 bits per heavy atom. The minimum Gasteiger partial charge on any atom is -0.577 e. The van der Waals surface area contributed by atoms with Gasteiger partial charge in [-0.15, -0.1) is 30.3 Å². The van der Waals surface area contributed by atoms with E-state index in [1.54, 1.807) is 0 Å². The Bertz CT molecular complexity index is 413. The Hall–Kier alpha value is -4.83. The molecule has 20 heteroatoms. The van der Waals surface area contributed by atoms with Gasteiger partial charge in [-0.1, -0.05) is 0 Å². The van der Waals surface area contributed by atoms with Crippen LogP contribution in [0.5, 0.6) is 0 Å². The Kier molecular flexibility index (Phi) is 119. The Labute approximate surface area is 167 Å². The summed E-state index contributed by atoms with van der Waals surface area (Å²) in [5, 5.41) is 56.8. The van der Waals surface area contributed by atoms with Gasteiger partial charge in [-0.05, 0) is 0 Å². The van der Waals surface area contributed by atoms with Gasteiger partial charge in [0.1, 0.15) is 13.2 Å². The summed E-state index contributed by atoms with van der Waals surface area (Å²) in [6.07, 6.45) is -1.55. The summed E-state index contributed by atoms with van der Waals surface area (Å²) in [7, 11) is 0. The van der Waals surface area contributed by atoms with Crippen LogP contribution in [0.1, 0.15) is 0 Å². The van der Waals surface area contributed by atoms with E-state index in [1.807, 2.05) is 0 Å². The van der Waals surface area contributed by atoms with Crippen molar-refractivity contribution in [1.82, 2.24) is 0 Å². The largest absolute Gasteiger partial charge is 4.00 e. The second kappa shape index (κ2) is 67.1. The van der Waals surface area contributed by atoms with Gasteiger partial charge in [0.2, 0.25) is 0 Å². The molecular weight excluding hydrogens is 438 g/mol. The molecule has 0 N–H and O–H groups in total. The van der Waals surface area contributed by atoms with Crippen LogP contribution in [0, 0.1) is 94.4 Å². The zero-order chi connectivity index (χ0) is 23.8. The molecule has 0 aliphatic heterocycles. The molecule has 0 spiro atoms. The monoisotopic (exact) mass is 443 g/mol. The van der Waals surface area contributed by atoms with E-state index in [0.717, 1.165) is 0 Å². The van der Waals surface area contributed by atoms with Gasteiger partial charge in [0, 0.05) is 0 Å². The molecule has 152 valence electrons. The third-order valence-electron chi connectivity index (χ3n) is 0.967. The molecule has 0 aromatic carbocycles. The molecule has 0 unspecified atom stereocenters. The molecule has 0 aromatic rings. The zero-order valence-electron chi connectivity index (χ0n) is 13.0. The first-order chi connectivity index (χ1) is 12.9. The van der Waals surface area contributed by atoms with Crippen molar-refractivity contribution in [3.05, 3.63) is 73.7 Å². The van der Waals surface area contributed by atoms with Crippen molar-refractivity contribution >= 4 is 0 Å². The molecule has 0 heterocycles. The third kappa shape index (κ3) is 102. The summed E-state index contributed by atoms with van der Waals surface area (Å²) in [5.41, 5.74) is 5.75. The van der Waals surface area contributed by atoms with E-state index >= 15 is 0 Å². The SMILES string of the molecule is O=[N+]([O-])OCC(CO[N+](=O)[O-])O[N+](=O)[O-].[C-]#N.[C-]#N.[C-]#N.[C-]#N.[C-]#N.[Fe+4].[N-]=O. The van der Waals surface area contributed by atoms with Crippen LogP contribution in [0.3, 0.4) is 0 Å². The van der Waals surface area contributed by atoms with Gasteiger partial charge in [0.15, 0.2) is 6.10 Å². The number of nitrogens with zero attached hydrogens (tertiary/aromatic N) is 9. The van der Waals surface area contributed by atoms with E-state index in [-0.39, 0.29) is 17.1 Å². The van der Waals surface area contributed by atoms with Crippen molar-refractivity contribution in [3.8, 4) is 0 Å². The summed E-state index contributed by atoms with van der Waals surface area (Å²) in [5.74, 6) is 0. The van der Waals surface area contributed by atoms with E-state index in [2.05, 4.69) is 14.5 Å². The molecule has 0 saturated carbocycles. The average Bonchev–Trinajstić information content (AvgIpc) is 2.72. The smallest absolute Gasteiger partial charge is 0.577 e. The summed E-state index contributed by atoms with van der Waals surface area (Å²) in [6.45, 7) is 22.1. The first kappa shape index (κ1) is 49.5. The maximum absolute atomic E-state index is 9.83. The second-order valence-electron chi connectivity index (χ2n) is 1.99. The normalized spacial score (nSPS) is 5.54. The molecule has 0 atom stereocenters.